The van der Waals surface area contributed by atoms with E-state index in [-0.39, 0.29) is 11.5 Å². The first kappa shape index (κ1) is 20.4. The quantitative estimate of drug-likeness (QED) is 0.435. The number of hydrogen-bond acceptors (Lipinski definition) is 5. The third kappa shape index (κ3) is 4.13. The van der Waals surface area contributed by atoms with Gasteiger partial charge in [-0.25, -0.2) is 14.2 Å². The first-order chi connectivity index (χ1) is 15.6. The molecular weight excluding hydrogens is 407 g/mol. The zero-order valence-electron chi connectivity index (χ0n) is 17.9. The van der Waals surface area contributed by atoms with Gasteiger partial charge in [-0.05, 0) is 72.8 Å². The number of halogens is 1. The maximum Gasteiger partial charge on any atom is 0.328 e. The number of nitrogens with zero attached hydrogens (tertiary/aromatic N) is 3. The van der Waals surface area contributed by atoms with Crippen molar-refractivity contribution in [2.24, 2.45) is 5.92 Å². The number of nitrogens with one attached hydrogen (secondary N) is 3. The van der Waals surface area contributed by atoms with Crippen molar-refractivity contribution in [3.05, 3.63) is 76.1 Å². The van der Waals surface area contributed by atoms with Gasteiger partial charge in [-0.15, -0.1) is 0 Å². The topological polar surface area (TPSA) is 87.6 Å². The van der Waals surface area contributed by atoms with Gasteiger partial charge in [0.25, 0.3) is 0 Å². The Kier molecular flexibility index (Phi) is 5.45. The molecule has 5 rings (SSSR count). The maximum absolute atomic E-state index is 13.3. The number of benzene rings is 2. The second-order valence-corrected chi connectivity index (χ2v) is 8.34. The van der Waals surface area contributed by atoms with E-state index in [4.69, 9.17) is 0 Å². The third-order valence-electron chi connectivity index (χ3n) is 6.08. The highest BCUT2D eigenvalue weighted by Crippen LogP contribution is 2.24. The van der Waals surface area contributed by atoms with Crippen molar-refractivity contribution in [2.75, 3.05) is 25.0 Å². The van der Waals surface area contributed by atoms with Gasteiger partial charge in [-0.1, -0.05) is 24.3 Å². The van der Waals surface area contributed by atoms with Crippen molar-refractivity contribution in [1.82, 2.24) is 24.8 Å². The fourth-order valence-corrected chi connectivity index (χ4v) is 4.14. The first-order valence-corrected chi connectivity index (χ1v) is 10.8. The van der Waals surface area contributed by atoms with Crippen LogP contribution in [0, 0.1) is 18.7 Å². The molecule has 8 heteroatoms. The molecule has 1 aliphatic rings. The Morgan fingerprint density at radius 3 is 2.78 bits per heavy atom. The van der Waals surface area contributed by atoms with E-state index >= 15 is 0 Å². The standard InChI is InChI=1S/C24H25FN6O/c1-15-2-3-18(17-4-6-20(25)7-5-17)10-19(15)14-31-22-21(29-24(31)32)13-28-23(30-22)27-12-16-8-9-26-11-16/h2-7,10,13,16,26H,8-9,11-12,14H2,1H3,(H,29,32)(H,27,28,30)/t16-/m1/s1. The van der Waals surface area contributed by atoms with E-state index in [0.29, 0.717) is 29.6 Å². The molecule has 0 saturated carbocycles. The van der Waals surface area contributed by atoms with Crippen LogP contribution in [0.15, 0.2) is 53.5 Å². The van der Waals surface area contributed by atoms with Crippen molar-refractivity contribution in [3.63, 3.8) is 0 Å². The zero-order chi connectivity index (χ0) is 22.1. The fraction of sp³-hybridized carbons (Fsp3) is 0.292. The normalized spacial score (nSPS) is 16.0. The summed E-state index contributed by atoms with van der Waals surface area (Å²) in [6, 6.07) is 12.5. The molecule has 0 amide bonds. The van der Waals surface area contributed by atoms with Crippen molar-refractivity contribution >= 4 is 17.1 Å². The second-order valence-electron chi connectivity index (χ2n) is 8.34. The average molecular weight is 433 g/mol. The number of anilines is 1. The second kappa shape index (κ2) is 8.55. The number of aromatic amines is 1. The maximum atomic E-state index is 13.3. The van der Waals surface area contributed by atoms with Gasteiger partial charge in [-0.3, -0.25) is 4.57 Å². The molecule has 164 valence electrons. The Balaban J connectivity index is 1.44. The molecule has 2 aromatic heterocycles. The summed E-state index contributed by atoms with van der Waals surface area (Å²) in [5, 5.41) is 6.66. The lowest BCUT2D eigenvalue weighted by Gasteiger charge is -2.11. The summed E-state index contributed by atoms with van der Waals surface area (Å²) in [5.74, 6) is 0.813. The van der Waals surface area contributed by atoms with Crippen LogP contribution in [0.25, 0.3) is 22.3 Å². The highest BCUT2D eigenvalue weighted by molar-refractivity contribution is 5.71. The van der Waals surface area contributed by atoms with E-state index in [2.05, 4.69) is 25.6 Å². The van der Waals surface area contributed by atoms with Crippen LogP contribution >= 0.6 is 0 Å². The van der Waals surface area contributed by atoms with Gasteiger partial charge in [0.05, 0.1) is 12.7 Å². The van der Waals surface area contributed by atoms with Gasteiger partial charge in [0, 0.05) is 6.54 Å². The summed E-state index contributed by atoms with van der Waals surface area (Å²) in [6.07, 6.45) is 2.78. The van der Waals surface area contributed by atoms with Crippen LogP contribution in [0.3, 0.4) is 0 Å². The minimum Gasteiger partial charge on any atom is -0.354 e. The average Bonchev–Trinajstić information content (AvgIpc) is 3.42. The van der Waals surface area contributed by atoms with Crippen molar-refractivity contribution in [2.45, 2.75) is 19.9 Å². The highest BCUT2D eigenvalue weighted by Gasteiger charge is 2.16. The van der Waals surface area contributed by atoms with E-state index in [9.17, 15) is 9.18 Å². The Morgan fingerprint density at radius 1 is 1.19 bits per heavy atom. The largest absolute Gasteiger partial charge is 0.354 e. The lowest BCUT2D eigenvalue weighted by atomic mass is 9.99. The molecule has 0 unspecified atom stereocenters. The van der Waals surface area contributed by atoms with Gasteiger partial charge >= 0.3 is 5.69 Å². The third-order valence-corrected chi connectivity index (χ3v) is 6.08. The van der Waals surface area contributed by atoms with Crippen molar-refractivity contribution < 1.29 is 4.39 Å². The van der Waals surface area contributed by atoms with Crippen molar-refractivity contribution in [1.29, 1.82) is 0 Å². The summed E-state index contributed by atoms with van der Waals surface area (Å²) < 4.78 is 14.9. The van der Waals surface area contributed by atoms with E-state index in [1.165, 1.54) is 12.1 Å². The van der Waals surface area contributed by atoms with E-state index in [1.54, 1.807) is 22.9 Å². The van der Waals surface area contributed by atoms with Crippen LogP contribution in [0.1, 0.15) is 17.5 Å². The number of imidazole rings is 1. The summed E-state index contributed by atoms with van der Waals surface area (Å²) in [5.41, 5.74) is 4.92. The molecule has 4 aromatic rings. The molecule has 1 fully saturated rings. The molecule has 1 saturated heterocycles. The molecule has 0 bridgehead atoms. The minimum absolute atomic E-state index is 0.224. The van der Waals surface area contributed by atoms with Crippen LogP contribution < -0.4 is 16.3 Å². The Morgan fingerprint density at radius 2 is 2.00 bits per heavy atom. The molecule has 0 radical (unpaired) electrons. The van der Waals surface area contributed by atoms with E-state index in [1.807, 2.05) is 25.1 Å². The Hall–Kier alpha value is -3.52. The van der Waals surface area contributed by atoms with E-state index < -0.39 is 0 Å². The molecule has 1 atom stereocenters. The van der Waals surface area contributed by atoms with Gasteiger partial charge < -0.3 is 15.6 Å². The molecular formula is C24H25FN6O. The van der Waals surface area contributed by atoms with Crippen LogP contribution in [-0.2, 0) is 6.54 Å². The van der Waals surface area contributed by atoms with Crippen LogP contribution in [0.4, 0.5) is 10.3 Å². The van der Waals surface area contributed by atoms with Gasteiger partial charge in [0.2, 0.25) is 5.95 Å². The Labute approximate surface area is 184 Å². The molecule has 3 N–H and O–H groups in total. The smallest absolute Gasteiger partial charge is 0.328 e. The molecule has 7 nitrogen and oxygen atoms in total. The highest BCUT2D eigenvalue weighted by atomic mass is 19.1. The summed E-state index contributed by atoms with van der Waals surface area (Å²) in [4.78, 5) is 24.5. The number of aromatic nitrogens is 4. The summed E-state index contributed by atoms with van der Waals surface area (Å²) in [6.45, 7) is 5.23. The van der Waals surface area contributed by atoms with Crippen LogP contribution in [0.2, 0.25) is 0 Å². The molecule has 3 heterocycles. The fourth-order valence-electron chi connectivity index (χ4n) is 4.14. The molecule has 1 aliphatic heterocycles. The lowest BCUT2D eigenvalue weighted by molar-refractivity contribution is 0.613. The number of hydrogen-bond donors (Lipinski definition) is 3. The number of rotatable bonds is 6. The predicted molar refractivity (Wildman–Crippen MR) is 123 cm³/mol. The predicted octanol–water partition coefficient (Wildman–Crippen LogP) is 3.30. The van der Waals surface area contributed by atoms with Gasteiger partial charge in [0.15, 0.2) is 5.65 Å². The minimum atomic E-state index is -0.264. The summed E-state index contributed by atoms with van der Waals surface area (Å²) in [7, 11) is 0. The van der Waals surface area contributed by atoms with Crippen LogP contribution in [0.5, 0.6) is 0 Å². The van der Waals surface area contributed by atoms with Gasteiger partial charge in [-0.2, -0.15) is 4.98 Å². The number of H-pyrrole nitrogens is 1. The first-order valence-electron chi connectivity index (χ1n) is 10.8. The molecule has 32 heavy (non-hydrogen) atoms. The van der Waals surface area contributed by atoms with E-state index in [0.717, 1.165) is 48.3 Å². The summed E-state index contributed by atoms with van der Waals surface area (Å²) >= 11 is 0. The molecule has 2 aromatic carbocycles. The van der Waals surface area contributed by atoms with Gasteiger partial charge in [0.1, 0.15) is 11.3 Å². The van der Waals surface area contributed by atoms with Crippen molar-refractivity contribution in [3.8, 4) is 11.1 Å². The molecule has 0 spiro atoms. The van der Waals surface area contributed by atoms with Crippen LogP contribution in [-0.4, -0.2) is 39.2 Å². The monoisotopic (exact) mass is 432 g/mol. The Bertz CT molecular complexity index is 1300. The zero-order valence-corrected chi connectivity index (χ0v) is 17.9. The SMILES string of the molecule is Cc1ccc(-c2ccc(F)cc2)cc1Cn1c(=O)[nH]c2cnc(NC[C@@H]3CCNC3)nc21. The molecule has 0 aliphatic carbocycles. The number of aryl methyl sites for hydroxylation is 1. The number of fused-ring (bicyclic) bond motifs is 1. The lowest BCUT2D eigenvalue weighted by Crippen LogP contribution is -2.19.